The molecule has 0 saturated carbocycles. The summed E-state index contributed by atoms with van der Waals surface area (Å²) in [6.45, 7) is 3.95. The number of benzene rings is 2. The molecule has 0 fully saturated rings. The molecule has 0 spiro atoms. The highest BCUT2D eigenvalue weighted by Gasteiger charge is 2.31. The van der Waals surface area contributed by atoms with Crippen LogP contribution in [0.25, 0.3) is 10.4 Å². The Morgan fingerprint density at radius 2 is 1.86 bits per heavy atom. The van der Waals surface area contributed by atoms with Gasteiger partial charge in [0.05, 0.1) is 15.5 Å². The molecule has 7 heteroatoms. The van der Waals surface area contributed by atoms with Gasteiger partial charge in [-0.05, 0) is 54.8 Å². The number of thiophene rings is 1. The van der Waals surface area contributed by atoms with Gasteiger partial charge in [0.25, 0.3) is 5.91 Å². The number of rotatable bonds is 2. The lowest BCUT2D eigenvalue weighted by molar-refractivity contribution is 0.0996. The molecule has 3 aromatic rings. The van der Waals surface area contributed by atoms with Gasteiger partial charge in [-0.1, -0.05) is 29.8 Å². The average molecular weight is 432 g/mol. The number of amides is 1. The first-order valence-electron chi connectivity index (χ1n) is 8.68. The number of carbonyl (C=O) groups excluding carboxylic acids is 1. The van der Waals surface area contributed by atoms with Gasteiger partial charge in [-0.25, -0.2) is 8.42 Å². The molecule has 0 aliphatic carbocycles. The first-order valence-corrected chi connectivity index (χ1v) is 11.5. The summed E-state index contributed by atoms with van der Waals surface area (Å²) in [6.07, 6.45) is 0. The van der Waals surface area contributed by atoms with Gasteiger partial charge in [0, 0.05) is 28.2 Å². The monoisotopic (exact) mass is 431 g/mol. The third-order valence-corrected chi connectivity index (χ3v) is 8.05. The Morgan fingerprint density at radius 3 is 2.61 bits per heavy atom. The summed E-state index contributed by atoms with van der Waals surface area (Å²) < 4.78 is 25.3. The number of aryl methyl sites for hydroxylation is 2. The van der Waals surface area contributed by atoms with Crippen LogP contribution in [-0.2, 0) is 15.6 Å². The summed E-state index contributed by atoms with van der Waals surface area (Å²) in [5, 5.41) is 0.383. The molecule has 1 amide bonds. The summed E-state index contributed by atoms with van der Waals surface area (Å²) in [5.41, 5.74) is 4.20. The SMILES string of the molecule is Cc1ccc(C)c(N(C)C(=O)c2cc3c(s2)-c2ccc(Cl)cc2S(=O)(=O)C3)c1. The number of hydrogen-bond donors (Lipinski definition) is 0. The van der Waals surface area contributed by atoms with Gasteiger partial charge in [-0.3, -0.25) is 4.79 Å². The molecule has 1 aliphatic heterocycles. The molecule has 0 atom stereocenters. The minimum Gasteiger partial charge on any atom is -0.310 e. The van der Waals surface area contributed by atoms with Crippen molar-refractivity contribution in [3.8, 4) is 10.4 Å². The molecule has 0 radical (unpaired) electrons. The van der Waals surface area contributed by atoms with E-state index in [0.717, 1.165) is 21.7 Å². The maximum atomic E-state index is 13.1. The Bertz CT molecular complexity index is 1230. The maximum Gasteiger partial charge on any atom is 0.268 e. The van der Waals surface area contributed by atoms with E-state index in [1.54, 1.807) is 30.1 Å². The van der Waals surface area contributed by atoms with Gasteiger partial charge in [-0.15, -0.1) is 11.3 Å². The summed E-state index contributed by atoms with van der Waals surface area (Å²) >= 11 is 7.33. The van der Waals surface area contributed by atoms with Crippen molar-refractivity contribution < 1.29 is 13.2 Å². The fourth-order valence-electron chi connectivity index (χ4n) is 3.45. The molecule has 4 rings (SSSR count). The van der Waals surface area contributed by atoms with Crippen molar-refractivity contribution in [3.63, 3.8) is 0 Å². The molecule has 0 N–H and O–H groups in total. The standard InChI is InChI=1S/C21H18ClNO3S2/c1-12-4-5-13(2)17(8-12)23(3)21(24)18-9-14-11-28(25,26)19-10-15(22)6-7-16(19)20(14)27-18/h4-10H,11H2,1-3H3. The largest absolute Gasteiger partial charge is 0.310 e. The summed E-state index contributed by atoms with van der Waals surface area (Å²) in [6, 6.07) is 12.6. The first-order chi connectivity index (χ1) is 13.2. The molecule has 144 valence electrons. The minimum absolute atomic E-state index is 0.118. The Hall–Kier alpha value is -2.15. The van der Waals surface area contributed by atoms with Crippen LogP contribution in [0.2, 0.25) is 5.02 Å². The smallest absolute Gasteiger partial charge is 0.268 e. The number of sulfone groups is 1. The van der Waals surface area contributed by atoms with E-state index in [-0.39, 0.29) is 16.6 Å². The van der Waals surface area contributed by atoms with Crippen LogP contribution in [-0.4, -0.2) is 21.4 Å². The van der Waals surface area contributed by atoms with E-state index in [9.17, 15) is 13.2 Å². The summed E-state index contributed by atoms with van der Waals surface area (Å²) in [5.74, 6) is -0.270. The Morgan fingerprint density at radius 1 is 1.11 bits per heavy atom. The second-order valence-electron chi connectivity index (χ2n) is 7.02. The number of fused-ring (bicyclic) bond motifs is 3. The molecule has 0 bridgehead atoms. The quantitative estimate of drug-likeness (QED) is 0.556. The van der Waals surface area contributed by atoms with Crippen LogP contribution in [0, 0.1) is 13.8 Å². The lowest BCUT2D eigenvalue weighted by Crippen LogP contribution is -2.26. The summed E-state index contributed by atoms with van der Waals surface area (Å²) in [4.78, 5) is 16.3. The number of anilines is 1. The second-order valence-corrected chi connectivity index (χ2v) is 10.5. The van der Waals surface area contributed by atoms with E-state index in [4.69, 9.17) is 11.6 Å². The van der Waals surface area contributed by atoms with Gasteiger partial charge in [0.2, 0.25) is 0 Å². The van der Waals surface area contributed by atoms with E-state index in [1.165, 1.54) is 17.4 Å². The zero-order chi connectivity index (χ0) is 20.2. The lowest BCUT2D eigenvalue weighted by atomic mass is 10.1. The Labute approximate surface area is 173 Å². The third kappa shape index (κ3) is 3.15. The molecular formula is C21H18ClNO3S2. The van der Waals surface area contributed by atoms with Gasteiger partial charge < -0.3 is 4.90 Å². The lowest BCUT2D eigenvalue weighted by Gasteiger charge is -2.19. The molecule has 1 aliphatic rings. The zero-order valence-electron chi connectivity index (χ0n) is 15.6. The van der Waals surface area contributed by atoms with Crippen LogP contribution >= 0.6 is 22.9 Å². The molecular weight excluding hydrogens is 414 g/mol. The minimum atomic E-state index is -3.48. The van der Waals surface area contributed by atoms with Crippen molar-refractivity contribution in [3.05, 3.63) is 69.1 Å². The predicted octanol–water partition coefficient (Wildman–Crippen LogP) is 5.25. The van der Waals surface area contributed by atoms with Crippen LogP contribution in [0.4, 0.5) is 5.69 Å². The highest BCUT2D eigenvalue weighted by Crippen LogP contribution is 2.44. The summed E-state index contributed by atoms with van der Waals surface area (Å²) in [7, 11) is -1.73. The second kappa shape index (κ2) is 6.72. The maximum absolute atomic E-state index is 13.1. The van der Waals surface area contributed by atoms with Crippen LogP contribution < -0.4 is 4.90 Å². The van der Waals surface area contributed by atoms with Gasteiger partial charge in [0.1, 0.15) is 0 Å². The number of hydrogen-bond acceptors (Lipinski definition) is 4. The molecule has 2 aromatic carbocycles. The van der Waals surface area contributed by atoms with Gasteiger partial charge >= 0.3 is 0 Å². The molecule has 28 heavy (non-hydrogen) atoms. The molecule has 4 nitrogen and oxygen atoms in total. The van der Waals surface area contributed by atoms with Gasteiger partial charge in [-0.2, -0.15) is 0 Å². The van der Waals surface area contributed by atoms with Crippen molar-refractivity contribution in [2.45, 2.75) is 24.5 Å². The van der Waals surface area contributed by atoms with Crippen LogP contribution in [0.5, 0.6) is 0 Å². The predicted molar refractivity (Wildman–Crippen MR) is 114 cm³/mol. The van der Waals surface area contributed by atoms with E-state index in [2.05, 4.69) is 0 Å². The van der Waals surface area contributed by atoms with E-state index in [0.29, 0.717) is 21.0 Å². The number of halogens is 1. The van der Waals surface area contributed by atoms with Crippen molar-refractivity contribution in [2.75, 3.05) is 11.9 Å². The number of carbonyl (C=O) groups is 1. The highest BCUT2D eigenvalue weighted by atomic mass is 35.5. The topological polar surface area (TPSA) is 54.5 Å². The van der Waals surface area contributed by atoms with Crippen molar-refractivity contribution in [1.29, 1.82) is 0 Å². The number of nitrogens with zero attached hydrogens (tertiary/aromatic N) is 1. The van der Waals surface area contributed by atoms with E-state index in [1.807, 2.05) is 32.0 Å². The molecule has 1 aromatic heterocycles. The highest BCUT2D eigenvalue weighted by molar-refractivity contribution is 7.91. The van der Waals surface area contributed by atoms with Crippen LogP contribution in [0.15, 0.2) is 47.4 Å². The van der Waals surface area contributed by atoms with Crippen molar-refractivity contribution >= 4 is 44.4 Å². The molecule has 2 heterocycles. The van der Waals surface area contributed by atoms with Crippen LogP contribution in [0.3, 0.4) is 0 Å². The van der Waals surface area contributed by atoms with Crippen molar-refractivity contribution in [2.24, 2.45) is 0 Å². The van der Waals surface area contributed by atoms with E-state index < -0.39 is 9.84 Å². The molecule has 0 saturated heterocycles. The van der Waals surface area contributed by atoms with Crippen molar-refractivity contribution in [1.82, 2.24) is 0 Å². The molecule has 0 unspecified atom stereocenters. The first kappa shape index (κ1) is 19.2. The fourth-order valence-corrected chi connectivity index (χ4v) is 6.64. The van der Waals surface area contributed by atoms with E-state index >= 15 is 0 Å². The fraction of sp³-hybridized carbons (Fsp3) is 0.190. The third-order valence-electron chi connectivity index (χ3n) is 4.92. The van der Waals surface area contributed by atoms with Crippen LogP contribution in [0.1, 0.15) is 26.4 Å². The average Bonchev–Trinajstić information content (AvgIpc) is 3.05. The van der Waals surface area contributed by atoms with Gasteiger partial charge in [0.15, 0.2) is 9.84 Å². The Kier molecular flexibility index (Phi) is 4.61. The Balaban J connectivity index is 1.78. The zero-order valence-corrected chi connectivity index (χ0v) is 18.0. The normalized spacial score (nSPS) is 14.3.